The molecular formula is C35H38BrN3O6S. The first-order valence-electron chi connectivity index (χ1n) is 14.8. The first kappa shape index (κ1) is 34.5. The molecule has 9 nitrogen and oxygen atoms in total. The van der Waals surface area contributed by atoms with Crippen molar-refractivity contribution < 1.29 is 27.5 Å². The number of carbonyl (C=O) groups is 2. The summed E-state index contributed by atoms with van der Waals surface area (Å²) in [7, 11) is -1.40. The summed E-state index contributed by atoms with van der Waals surface area (Å²) in [5.41, 5.74) is 1.75. The third-order valence-electron chi connectivity index (χ3n) is 7.35. The summed E-state index contributed by atoms with van der Waals surface area (Å²) in [6, 6.07) is 28.5. The van der Waals surface area contributed by atoms with Crippen molar-refractivity contribution in [1.29, 1.82) is 0 Å². The molecular weight excluding hydrogens is 670 g/mol. The number of hydrogen-bond donors (Lipinski definition) is 1. The summed E-state index contributed by atoms with van der Waals surface area (Å²) < 4.78 is 41.4. The quantitative estimate of drug-likeness (QED) is 0.167. The first-order chi connectivity index (χ1) is 22.2. The average Bonchev–Trinajstić information content (AvgIpc) is 3.08. The zero-order valence-electron chi connectivity index (χ0n) is 26.1. The van der Waals surface area contributed by atoms with Crippen molar-refractivity contribution >= 4 is 43.5 Å². The molecule has 0 aliphatic carbocycles. The van der Waals surface area contributed by atoms with Crippen LogP contribution in [0.1, 0.15) is 24.5 Å². The van der Waals surface area contributed by atoms with Crippen LogP contribution in [0, 0.1) is 0 Å². The van der Waals surface area contributed by atoms with Crippen LogP contribution in [0.2, 0.25) is 0 Å². The Labute approximate surface area is 279 Å². The molecule has 0 aromatic heterocycles. The van der Waals surface area contributed by atoms with E-state index in [9.17, 15) is 18.0 Å². The maximum absolute atomic E-state index is 14.6. The number of nitrogens with zero attached hydrogens (tertiary/aromatic N) is 2. The molecule has 1 atom stereocenters. The zero-order chi connectivity index (χ0) is 33.1. The second kappa shape index (κ2) is 16.3. The van der Waals surface area contributed by atoms with Gasteiger partial charge in [0.1, 0.15) is 24.1 Å². The number of sulfonamides is 1. The minimum Gasteiger partial charge on any atom is -0.497 e. The predicted octanol–water partition coefficient (Wildman–Crippen LogP) is 5.83. The number of ether oxygens (including phenoxy) is 2. The topological polar surface area (TPSA) is 105 Å². The van der Waals surface area contributed by atoms with Gasteiger partial charge in [0.2, 0.25) is 11.8 Å². The number of methoxy groups -OCH3 is 2. The van der Waals surface area contributed by atoms with E-state index in [1.807, 2.05) is 61.5 Å². The molecule has 1 N–H and O–H groups in total. The Morgan fingerprint density at radius 2 is 1.50 bits per heavy atom. The van der Waals surface area contributed by atoms with Crippen molar-refractivity contribution in [1.82, 2.24) is 10.2 Å². The lowest BCUT2D eigenvalue weighted by Gasteiger charge is -2.34. The van der Waals surface area contributed by atoms with Crippen LogP contribution in [0.25, 0.3) is 0 Å². The molecule has 0 aliphatic rings. The van der Waals surface area contributed by atoms with Crippen molar-refractivity contribution in [2.24, 2.45) is 0 Å². The lowest BCUT2D eigenvalue weighted by Crippen LogP contribution is -2.53. The smallest absolute Gasteiger partial charge is 0.264 e. The van der Waals surface area contributed by atoms with Crippen molar-refractivity contribution in [2.45, 2.75) is 37.2 Å². The highest BCUT2D eigenvalue weighted by Crippen LogP contribution is 2.36. The second-order valence-corrected chi connectivity index (χ2v) is 13.3. The third kappa shape index (κ3) is 8.67. The summed E-state index contributed by atoms with van der Waals surface area (Å²) in [6.45, 7) is 1.84. The minimum absolute atomic E-state index is 0.00587. The molecule has 46 heavy (non-hydrogen) atoms. The van der Waals surface area contributed by atoms with Gasteiger partial charge in [0.15, 0.2) is 0 Å². The van der Waals surface area contributed by atoms with Gasteiger partial charge in [0.25, 0.3) is 10.0 Å². The lowest BCUT2D eigenvalue weighted by atomic mass is 10.0. The van der Waals surface area contributed by atoms with Gasteiger partial charge in [0.05, 0.1) is 24.8 Å². The molecule has 0 radical (unpaired) electrons. The van der Waals surface area contributed by atoms with E-state index >= 15 is 0 Å². The molecule has 4 aromatic rings. The zero-order valence-corrected chi connectivity index (χ0v) is 28.5. The number of nitrogens with one attached hydrogen (secondary N) is 1. The summed E-state index contributed by atoms with van der Waals surface area (Å²) in [6.07, 6.45) is 0.940. The Kier molecular flexibility index (Phi) is 12.2. The van der Waals surface area contributed by atoms with E-state index in [0.29, 0.717) is 18.7 Å². The molecule has 0 aliphatic heterocycles. The van der Waals surface area contributed by atoms with Crippen LogP contribution in [-0.2, 0) is 32.6 Å². The van der Waals surface area contributed by atoms with Gasteiger partial charge in [-0.3, -0.25) is 13.9 Å². The standard InChI is InChI=1S/C35H38BrN3O6S/c1-4-21-37-35(41)32(22-26-11-7-5-8-12-26)38(24-27-15-17-28(36)18-16-27)34(40)25-39(46(42,43)30-13-9-6-10-14-30)31-23-29(44-2)19-20-33(31)45-3/h5-20,23,32H,4,21-22,24-25H2,1-3H3,(H,37,41)/t32-/m0/s1. The molecule has 242 valence electrons. The summed E-state index contributed by atoms with van der Waals surface area (Å²) in [4.78, 5) is 29.8. The van der Waals surface area contributed by atoms with Gasteiger partial charge in [-0.05, 0) is 53.9 Å². The van der Waals surface area contributed by atoms with E-state index in [2.05, 4.69) is 21.2 Å². The van der Waals surface area contributed by atoms with Gasteiger partial charge in [-0.2, -0.15) is 0 Å². The normalized spacial score (nSPS) is 11.7. The van der Waals surface area contributed by atoms with E-state index in [0.717, 1.165) is 19.9 Å². The number of halogens is 1. The molecule has 0 bridgehead atoms. The van der Waals surface area contributed by atoms with Crippen LogP contribution in [0.15, 0.2) is 112 Å². The number of benzene rings is 4. The molecule has 0 fully saturated rings. The maximum Gasteiger partial charge on any atom is 0.264 e. The molecule has 0 spiro atoms. The Balaban J connectivity index is 1.84. The van der Waals surface area contributed by atoms with E-state index in [4.69, 9.17) is 9.47 Å². The maximum atomic E-state index is 14.6. The Bertz CT molecular complexity index is 1700. The van der Waals surface area contributed by atoms with Gasteiger partial charge in [-0.25, -0.2) is 8.42 Å². The minimum atomic E-state index is -4.29. The monoisotopic (exact) mass is 707 g/mol. The van der Waals surface area contributed by atoms with E-state index in [-0.39, 0.29) is 35.2 Å². The highest BCUT2D eigenvalue weighted by atomic mass is 79.9. The lowest BCUT2D eigenvalue weighted by molar-refractivity contribution is -0.140. The summed E-state index contributed by atoms with van der Waals surface area (Å²) >= 11 is 3.45. The summed E-state index contributed by atoms with van der Waals surface area (Å²) in [5.74, 6) is -0.286. The molecule has 0 unspecified atom stereocenters. The highest BCUT2D eigenvalue weighted by Gasteiger charge is 2.35. The van der Waals surface area contributed by atoms with Gasteiger partial charge in [0, 0.05) is 30.0 Å². The van der Waals surface area contributed by atoms with E-state index in [1.54, 1.807) is 30.3 Å². The van der Waals surface area contributed by atoms with Crippen LogP contribution < -0.4 is 19.1 Å². The first-order valence-corrected chi connectivity index (χ1v) is 17.1. The highest BCUT2D eigenvalue weighted by molar-refractivity contribution is 9.10. The van der Waals surface area contributed by atoms with Crippen molar-refractivity contribution in [3.05, 3.63) is 119 Å². The largest absolute Gasteiger partial charge is 0.497 e. The van der Waals surface area contributed by atoms with Crippen molar-refractivity contribution in [3.63, 3.8) is 0 Å². The van der Waals surface area contributed by atoms with Crippen LogP contribution in [0.5, 0.6) is 11.5 Å². The summed E-state index contributed by atoms with van der Waals surface area (Å²) in [5, 5.41) is 2.95. The molecule has 11 heteroatoms. The fraction of sp³-hybridized carbons (Fsp3) is 0.257. The third-order valence-corrected chi connectivity index (χ3v) is 9.65. The number of carbonyl (C=O) groups excluding carboxylic acids is 2. The Hall–Kier alpha value is -4.35. The van der Waals surface area contributed by atoms with Gasteiger partial charge < -0.3 is 19.7 Å². The van der Waals surface area contributed by atoms with E-state index in [1.165, 1.54) is 37.3 Å². The van der Waals surface area contributed by atoms with Crippen LogP contribution in [-0.4, -0.2) is 58.5 Å². The van der Waals surface area contributed by atoms with Crippen molar-refractivity contribution in [3.8, 4) is 11.5 Å². The molecule has 0 saturated heterocycles. The molecule has 0 saturated carbocycles. The average molecular weight is 709 g/mol. The number of amides is 2. The number of rotatable bonds is 15. The van der Waals surface area contributed by atoms with Crippen LogP contribution >= 0.6 is 15.9 Å². The predicted molar refractivity (Wildman–Crippen MR) is 182 cm³/mol. The fourth-order valence-electron chi connectivity index (χ4n) is 4.93. The van der Waals surface area contributed by atoms with Gasteiger partial charge in [-0.1, -0.05) is 83.5 Å². The second-order valence-electron chi connectivity index (χ2n) is 10.5. The number of anilines is 1. The van der Waals surface area contributed by atoms with Gasteiger partial charge >= 0.3 is 0 Å². The molecule has 4 aromatic carbocycles. The van der Waals surface area contributed by atoms with Crippen molar-refractivity contribution in [2.75, 3.05) is 31.6 Å². The van der Waals surface area contributed by atoms with Crippen LogP contribution in [0.4, 0.5) is 5.69 Å². The van der Waals surface area contributed by atoms with Gasteiger partial charge in [-0.15, -0.1) is 0 Å². The SMILES string of the molecule is CCCNC(=O)[C@H](Cc1ccccc1)N(Cc1ccc(Br)cc1)C(=O)CN(c1cc(OC)ccc1OC)S(=O)(=O)c1ccccc1. The van der Waals surface area contributed by atoms with Crippen LogP contribution in [0.3, 0.4) is 0 Å². The number of hydrogen-bond acceptors (Lipinski definition) is 6. The van der Waals surface area contributed by atoms with E-state index < -0.39 is 28.5 Å². The molecule has 2 amide bonds. The fourth-order valence-corrected chi connectivity index (χ4v) is 6.63. The molecule has 0 heterocycles. The molecule has 4 rings (SSSR count). The Morgan fingerprint density at radius 3 is 2.11 bits per heavy atom. The Morgan fingerprint density at radius 1 is 0.848 bits per heavy atom.